The third kappa shape index (κ3) is 3.49. The summed E-state index contributed by atoms with van der Waals surface area (Å²) in [7, 11) is 3.13. The van der Waals surface area contributed by atoms with Crippen LogP contribution in [0.3, 0.4) is 0 Å². The molecular formula is C18H17FIN3O4. The molecule has 3 rings (SSSR count). The number of fused-ring (bicyclic) bond motifs is 1. The van der Waals surface area contributed by atoms with Gasteiger partial charge in [0.25, 0.3) is 5.56 Å². The lowest BCUT2D eigenvalue weighted by molar-refractivity contribution is 0.0945. The Labute approximate surface area is 166 Å². The number of nitrogens with one attached hydrogen (secondary N) is 1. The molecule has 0 spiro atoms. The summed E-state index contributed by atoms with van der Waals surface area (Å²) in [4.78, 5) is 25.3. The molecule has 2 aromatic heterocycles. The van der Waals surface area contributed by atoms with E-state index in [1.165, 1.54) is 40.6 Å². The number of halogens is 2. The van der Waals surface area contributed by atoms with Crippen LogP contribution in [0.4, 0.5) is 15.8 Å². The van der Waals surface area contributed by atoms with E-state index in [9.17, 15) is 24.2 Å². The van der Waals surface area contributed by atoms with Gasteiger partial charge in [-0.3, -0.25) is 14.2 Å². The third-order valence-electron chi connectivity index (χ3n) is 4.30. The summed E-state index contributed by atoms with van der Waals surface area (Å²) >= 11 is 1.98. The Bertz CT molecular complexity index is 1160. The molecule has 3 aromatic rings. The fourth-order valence-electron chi connectivity index (χ4n) is 2.96. The van der Waals surface area contributed by atoms with Gasteiger partial charge < -0.3 is 20.1 Å². The lowest BCUT2D eigenvalue weighted by Gasteiger charge is -2.17. The average molecular weight is 485 g/mol. The van der Waals surface area contributed by atoms with Gasteiger partial charge in [0.15, 0.2) is 5.43 Å². The lowest BCUT2D eigenvalue weighted by Crippen LogP contribution is -2.26. The van der Waals surface area contributed by atoms with Crippen LogP contribution in [-0.2, 0) is 14.1 Å². The zero-order valence-electron chi connectivity index (χ0n) is 14.5. The summed E-state index contributed by atoms with van der Waals surface area (Å²) in [5.41, 5.74) is -0.414. The zero-order valence-corrected chi connectivity index (χ0v) is 16.7. The number of anilines is 2. The van der Waals surface area contributed by atoms with Crippen molar-refractivity contribution >= 4 is 45.0 Å². The first-order chi connectivity index (χ1) is 12.7. The topological polar surface area (TPSA) is 96.5 Å². The number of aromatic nitrogens is 2. The smallest absolute Gasteiger partial charge is 0.253 e. The predicted molar refractivity (Wildman–Crippen MR) is 109 cm³/mol. The largest absolute Gasteiger partial charge is 0.393 e. The molecule has 2 heterocycles. The van der Waals surface area contributed by atoms with Gasteiger partial charge in [0.1, 0.15) is 17.6 Å². The molecule has 9 heteroatoms. The van der Waals surface area contributed by atoms with Crippen molar-refractivity contribution < 1.29 is 14.6 Å². The molecule has 7 nitrogen and oxygen atoms in total. The third-order valence-corrected chi connectivity index (χ3v) is 4.97. The monoisotopic (exact) mass is 485 g/mol. The van der Waals surface area contributed by atoms with Crippen molar-refractivity contribution in [3.63, 3.8) is 0 Å². The summed E-state index contributed by atoms with van der Waals surface area (Å²) in [5.74, 6) is -0.529. The molecule has 0 saturated heterocycles. The molecule has 0 radical (unpaired) electrons. The summed E-state index contributed by atoms with van der Waals surface area (Å²) < 4.78 is 17.8. The standard InChI is InChI=1S/C18H17FIN3O4/c1-22-7-10(14(25)8-24)17(27)16-13(6-15(26)23(2)18(16)22)21-12-4-3-9(20)5-11(12)19/h3-7,14,21,24-25H,8H2,1-2H3. The van der Waals surface area contributed by atoms with E-state index in [0.29, 0.717) is 9.22 Å². The van der Waals surface area contributed by atoms with Gasteiger partial charge in [0.05, 0.1) is 23.4 Å². The second kappa shape index (κ2) is 7.41. The molecule has 0 aliphatic heterocycles. The van der Waals surface area contributed by atoms with Crippen LogP contribution in [0.15, 0.2) is 40.1 Å². The average Bonchev–Trinajstić information content (AvgIpc) is 2.62. The van der Waals surface area contributed by atoms with Crippen molar-refractivity contribution in [1.29, 1.82) is 0 Å². The first-order valence-corrected chi connectivity index (χ1v) is 9.06. The molecule has 1 aromatic carbocycles. The van der Waals surface area contributed by atoms with Gasteiger partial charge >= 0.3 is 0 Å². The molecule has 0 amide bonds. The minimum atomic E-state index is -1.37. The van der Waals surface area contributed by atoms with Crippen LogP contribution in [0, 0.1) is 9.39 Å². The summed E-state index contributed by atoms with van der Waals surface area (Å²) in [5, 5.41) is 22.1. The van der Waals surface area contributed by atoms with Crippen molar-refractivity contribution in [3.05, 3.63) is 66.0 Å². The number of aryl methyl sites for hydroxylation is 2. The highest BCUT2D eigenvalue weighted by Gasteiger charge is 2.20. The number of pyridine rings is 2. The molecule has 0 fully saturated rings. The summed E-state index contributed by atoms with van der Waals surface area (Å²) in [6.45, 7) is -0.624. The molecule has 0 bridgehead atoms. The molecule has 142 valence electrons. The second-order valence-corrected chi connectivity index (χ2v) is 7.37. The highest BCUT2D eigenvalue weighted by molar-refractivity contribution is 14.1. The van der Waals surface area contributed by atoms with E-state index in [0.717, 1.165) is 0 Å². The van der Waals surface area contributed by atoms with Gasteiger partial charge in [-0.05, 0) is 40.8 Å². The highest BCUT2D eigenvalue weighted by atomic mass is 127. The van der Waals surface area contributed by atoms with Crippen LogP contribution < -0.4 is 16.3 Å². The summed E-state index contributed by atoms with van der Waals surface area (Å²) in [6, 6.07) is 5.73. The first kappa shape index (κ1) is 19.5. The maximum Gasteiger partial charge on any atom is 0.253 e. The first-order valence-electron chi connectivity index (χ1n) is 7.99. The van der Waals surface area contributed by atoms with E-state index in [1.807, 2.05) is 22.6 Å². The van der Waals surface area contributed by atoms with Crippen molar-refractivity contribution in [2.24, 2.45) is 14.1 Å². The molecule has 1 unspecified atom stereocenters. The number of nitrogens with zero attached hydrogens (tertiary/aromatic N) is 2. The van der Waals surface area contributed by atoms with Crippen molar-refractivity contribution in [1.82, 2.24) is 9.13 Å². The molecule has 0 aliphatic carbocycles. The second-order valence-electron chi connectivity index (χ2n) is 6.13. The van der Waals surface area contributed by atoms with Gasteiger partial charge in [-0.2, -0.15) is 0 Å². The molecular weight excluding hydrogens is 468 g/mol. The Morgan fingerprint density at radius 3 is 2.56 bits per heavy atom. The Kier molecular flexibility index (Phi) is 5.36. The van der Waals surface area contributed by atoms with Gasteiger partial charge in [0, 0.05) is 35.5 Å². The minimum absolute atomic E-state index is 0.0164. The van der Waals surface area contributed by atoms with E-state index in [4.69, 9.17) is 0 Å². The van der Waals surface area contributed by atoms with Crippen molar-refractivity contribution in [2.45, 2.75) is 6.10 Å². The van der Waals surface area contributed by atoms with Crippen LogP contribution in [0.1, 0.15) is 11.7 Å². The quantitative estimate of drug-likeness (QED) is 0.490. The number of benzene rings is 1. The van der Waals surface area contributed by atoms with Gasteiger partial charge in [-0.1, -0.05) is 0 Å². The van der Waals surface area contributed by atoms with Crippen LogP contribution in [0.25, 0.3) is 11.0 Å². The van der Waals surface area contributed by atoms with E-state index in [2.05, 4.69) is 5.32 Å². The van der Waals surface area contributed by atoms with E-state index in [1.54, 1.807) is 13.1 Å². The lowest BCUT2D eigenvalue weighted by atomic mass is 10.1. The number of aliphatic hydroxyl groups excluding tert-OH is 2. The van der Waals surface area contributed by atoms with Crippen molar-refractivity contribution in [3.8, 4) is 0 Å². The molecule has 1 atom stereocenters. The number of aliphatic hydroxyl groups is 2. The fraction of sp³-hybridized carbons (Fsp3) is 0.222. The Balaban J connectivity index is 2.35. The van der Waals surface area contributed by atoms with E-state index < -0.39 is 24.0 Å². The predicted octanol–water partition coefficient (Wildman–Crippen LogP) is 1.75. The van der Waals surface area contributed by atoms with Gasteiger partial charge in [-0.15, -0.1) is 0 Å². The van der Waals surface area contributed by atoms with E-state index in [-0.39, 0.29) is 27.9 Å². The molecule has 0 saturated carbocycles. The number of hydrogen-bond acceptors (Lipinski definition) is 5. The Morgan fingerprint density at radius 1 is 1.22 bits per heavy atom. The minimum Gasteiger partial charge on any atom is -0.393 e. The van der Waals surface area contributed by atoms with Gasteiger partial charge in [0.2, 0.25) is 0 Å². The fourth-order valence-corrected chi connectivity index (χ4v) is 3.42. The zero-order chi connectivity index (χ0) is 19.9. The van der Waals surface area contributed by atoms with Crippen molar-refractivity contribution in [2.75, 3.05) is 11.9 Å². The molecule has 0 aliphatic rings. The maximum absolute atomic E-state index is 14.3. The molecule has 3 N–H and O–H groups in total. The number of rotatable bonds is 4. The van der Waals surface area contributed by atoms with E-state index >= 15 is 0 Å². The SMILES string of the molecule is Cn1cc(C(O)CO)c(=O)c2c(Nc3ccc(I)cc3F)cc(=O)n(C)c21. The number of hydrogen-bond donors (Lipinski definition) is 3. The molecule has 27 heavy (non-hydrogen) atoms. The van der Waals surface area contributed by atoms with Crippen LogP contribution in [-0.4, -0.2) is 26.0 Å². The maximum atomic E-state index is 14.3. The van der Waals surface area contributed by atoms with Crippen LogP contribution in [0.2, 0.25) is 0 Å². The normalized spacial score (nSPS) is 12.4. The summed E-state index contributed by atoms with van der Waals surface area (Å²) in [6.07, 6.45) is 0.00785. The van der Waals surface area contributed by atoms with Gasteiger partial charge in [-0.25, -0.2) is 4.39 Å². The highest BCUT2D eigenvalue weighted by Crippen LogP contribution is 2.26. The van der Waals surface area contributed by atoms with Crippen LogP contribution >= 0.6 is 22.6 Å². The Hall–Kier alpha value is -2.24. The Morgan fingerprint density at radius 2 is 1.93 bits per heavy atom. The van der Waals surface area contributed by atoms with Crippen LogP contribution in [0.5, 0.6) is 0 Å².